The number of halogens is 4. The number of hydrogen-bond acceptors (Lipinski definition) is 6. The van der Waals surface area contributed by atoms with Crippen molar-refractivity contribution in [3.63, 3.8) is 0 Å². The minimum absolute atomic E-state index is 0.0104. The van der Waals surface area contributed by atoms with Gasteiger partial charge in [-0.25, -0.2) is 0 Å². The summed E-state index contributed by atoms with van der Waals surface area (Å²) in [6, 6.07) is 3.50. The molecule has 148 valence electrons. The second-order valence-corrected chi connectivity index (χ2v) is 7.69. The van der Waals surface area contributed by atoms with Crippen LogP contribution >= 0.6 is 23.4 Å². The Morgan fingerprint density at radius 1 is 1.21 bits per heavy atom. The summed E-state index contributed by atoms with van der Waals surface area (Å²) in [7, 11) is 0. The fourth-order valence-electron chi connectivity index (χ4n) is 2.88. The zero-order valence-electron chi connectivity index (χ0n) is 14.7. The summed E-state index contributed by atoms with van der Waals surface area (Å²) in [5, 5.41) is 20.3. The molecule has 1 fully saturated rings. The van der Waals surface area contributed by atoms with Gasteiger partial charge < -0.3 is 4.57 Å². The van der Waals surface area contributed by atoms with E-state index in [2.05, 4.69) is 25.7 Å². The van der Waals surface area contributed by atoms with Crippen LogP contribution in [0.1, 0.15) is 42.9 Å². The van der Waals surface area contributed by atoms with Gasteiger partial charge in [-0.05, 0) is 48.4 Å². The molecule has 0 N–H and O–H groups in total. The molecule has 1 aromatic carbocycles. The first-order valence-corrected chi connectivity index (χ1v) is 9.95. The first-order valence-electron chi connectivity index (χ1n) is 8.58. The lowest BCUT2D eigenvalue weighted by Gasteiger charge is -2.13. The van der Waals surface area contributed by atoms with Crippen LogP contribution in [0.2, 0.25) is 5.02 Å². The third-order valence-corrected chi connectivity index (χ3v) is 5.56. The van der Waals surface area contributed by atoms with Crippen molar-refractivity contribution in [2.45, 2.75) is 49.3 Å². The maximum Gasteiger partial charge on any atom is 0.418 e. The Morgan fingerprint density at radius 3 is 2.68 bits per heavy atom. The molecule has 0 bridgehead atoms. The Hall–Kier alpha value is -2.14. The molecule has 1 aliphatic rings. The normalized spacial score (nSPS) is 14.6. The van der Waals surface area contributed by atoms with Crippen LogP contribution in [-0.2, 0) is 18.5 Å². The highest BCUT2D eigenvalue weighted by Gasteiger charge is 2.35. The maximum absolute atomic E-state index is 13.4. The van der Waals surface area contributed by atoms with E-state index >= 15 is 0 Å². The number of nitrogens with zero attached hydrogens (tertiary/aromatic N) is 7. The van der Waals surface area contributed by atoms with Crippen LogP contribution in [0.4, 0.5) is 13.2 Å². The van der Waals surface area contributed by atoms with E-state index in [4.69, 9.17) is 11.6 Å². The predicted octanol–water partition coefficient (Wildman–Crippen LogP) is 4.12. The van der Waals surface area contributed by atoms with Crippen molar-refractivity contribution in [3.05, 3.63) is 40.4 Å². The first-order chi connectivity index (χ1) is 13.4. The Morgan fingerprint density at radius 2 is 2.00 bits per heavy atom. The number of hydrogen-bond donors (Lipinski definition) is 0. The van der Waals surface area contributed by atoms with Crippen LogP contribution < -0.4 is 0 Å². The van der Waals surface area contributed by atoms with E-state index in [1.54, 1.807) is 0 Å². The SMILES string of the molecule is CCn1c(SCc2nnnn2-c2ccc(Cl)cc2C(F)(F)F)nnc1C1CC1. The largest absolute Gasteiger partial charge is 0.418 e. The molecule has 7 nitrogen and oxygen atoms in total. The molecule has 4 rings (SSSR count). The molecule has 0 spiro atoms. The molecule has 0 saturated heterocycles. The average molecular weight is 430 g/mol. The highest BCUT2D eigenvalue weighted by Crippen LogP contribution is 2.40. The minimum atomic E-state index is -4.59. The van der Waals surface area contributed by atoms with Crippen molar-refractivity contribution >= 4 is 23.4 Å². The van der Waals surface area contributed by atoms with E-state index < -0.39 is 11.7 Å². The number of thioether (sulfide) groups is 1. The molecule has 0 aliphatic heterocycles. The lowest BCUT2D eigenvalue weighted by molar-refractivity contribution is -0.137. The molecule has 1 saturated carbocycles. The molecule has 2 aromatic heterocycles. The van der Waals surface area contributed by atoms with Gasteiger partial charge in [-0.15, -0.1) is 15.3 Å². The molecule has 3 aromatic rings. The Balaban J connectivity index is 1.61. The van der Waals surface area contributed by atoms with Gasteiger partial charge in [0.05, 0.1) is 17.0 Å². The quantitative estimate of drug-likeness (QED) is 0.549. The van der Waals surface area contributed by atoms with Crippen molar-refractivity contribution in [3.8, 4) is 5.69 Å². The Kier molecular flexibility index (Phi) is 5.04. The van der Waals surface area contributed by atoms with Crippen LogP contribution in [0, 0.1) is 0 Å². The molecule has 28 heavy (non-hydrogen) atoms. The Bertz CT molecular complexity index is 997. The van der Waals surface area contributed by atoms with E-state index in [0.717, 1.165) is 36.0 Å². The molecular weight excluding hydrogens is 415 g/mol. The number of aromatic nitrogens is 7. The lowest BCUT2D eigenvalue weighted by Crippen LogP contribution is -2.13. The first kappa shape index (κ1) is 19.2. The monoisotopic (exact) mass is 429 g/mol. The number of rotatable bonds is 6. The minimum Gasteiger partial charge on any atom is -0.306 e. The van der Waals surface area contributed by atoms with Crippen molar-refractivity contribution < 1.29 is 13.2 Å². The average Bonchev–Trinajstić information content (AvgIpc) is 3.24. The van der Waals surface area contributed by atoms with E-state index in [-0.39, 0.29) is 22.3 Å². The van der Waals surface area contributed by atoms with Gasteiger partial charge in [-0.1, -0.05) is 23.4 Å². The predicted molar refractivity (Wildman–Crippen MR) is 96.4 cm³/mol. The molecular formula is C16H15ClF3N7S. The molecule has 12 heteroatoms. The summed E-state index contributed by atoms with van der Waals surface area (Å²) in [5.41, 5.74) is -1.07. The summed E-state index contributed by atoms with van der Waals surface area (Å²) in [6.45, 7) is 2.73. The highest BCUT2D eigenvalue weighted by molar-refractivity contribution is 7.98. The van der Waals surface area contributed by atoms with Crippen LogP contribution in [0.5, 0.6) is 0 Å². The highest BCUT2D eigenvalue weighted by atomic mass is 35.5. The number of tetrazole rings is 1. The van der Waals surface area contributed by atoms with E-state index in [1.807, 2.05) is 11.5 Å². The van der Waals surface area contributed by atoms with Gasteiger partial charge in [0.25, 0.3) is 0 Å². The van der Waals surface area contributed by atoms with Crippen molar-refractivity contribution in [1.29, 1.82) is 0 Å². The van der Waals surface area contributed by atoms with Gasteiger partial charge in [-0.3, -0.25) is 0 Å². The topological polar surface area (TPSA) is 74.3 Å². The summed E-state index contributed by atoms with van der Waals surface area (Å²) in [6.07, 6.45) is -2.37. The zero-order valence-corrected chi connectivity index (χ0v) is 16.3. The van der Waals surface area contributed by atoms with Crippen molar-refractivity contribution in [2.75, 3.05) is 0 Å². The van der Waals surface area contributed by atoms with E-state index in [0.29, 0.717) is 11.1 Å². The van der Waals surface area contributed by atoms with Gasteiger partial charge in [0.1, 0.15) is 5.82 Å². The summed E-state index contributed by atoms with van der Waals surface area (Å²) in [5.74, 6) is 1.93. The van der Waals surface area contributed by atoms with Crippen LogP contribution in [0.15, 0.2) is 23.4 Å². The molecule has 0 unspecified atom stereocenters. The van der Waals surface area contributed by atoms with Gasteiger partial charge >= 0.3 is 6.18 Å². The second kappa shape index (κ2) is 7.36. The third-order valence-electron chi connectivity index (χ3n) is 4.36. The second-order valence-electron chi connectivity index (χ2n) is 6.31. The molecule has 0 atom stereocenters. The van der Waals surface area contributed by atoms with Gasteiger partial charge in [0.2, 0.25) is 0 Å². The van der Waals surface area contributed by atoms with Crippen molar-refractivity contribution in [2.24, 2.45) is 0 Å². The molecule has 1 aliphatic carbocycles. The fraction of sp³-hybridized carbons (Fsp3) is 0.438. The van der Waals surface area contributed by atoms with Crippen LogP contribution in [-0.4, -0.2) is 35.0 Å². The van der Waals surface area contributed by atoms with E-state index in [9.17, 15) is 13.2 Å². The fourth-order valence-corrected chi connectivity index (χ4v) is 3.97. The lowest BCUT2D eigenvalue weighted by atomic mass is 10.1. The van der Waals surface area contributed by atoms with Crippen molar-refractivity contribution in [1.82, 2.24) is 35.0 Å². The van der Waals surface area contributed by atoms with Crippen LogP contribution in [0.25, 0.3) is 5.69 Å². The summed E-state index contributed by atoms with van der Waals surface area (Å²) >= 11 is 7.09. The summed E-state index contributed by atoms with van der Waals surface area (Å²) in [4.78, 5) is 0. The molecule has 0 amide bonds. The molecule has 2 heterocycles. The smallest absolute Gasteiger partial charge is 0.306 e. The zero-order chi connectivity index (χ0) is 19.9. The third kappa shape index (κ3) is 3.72. The summed E-state index contributed by atoms with van der Waals surface area (Å²) < 4.78 is 43.4. The van der Waals surface area contributed by atoms with Gasteiger partial charge in [0, 0.05) is 17.5 Å². The van der Waals surface area contributed by atoms with Crippen LogP contribution in [0.3, 0.4) is 0 Å². The van der Waals surface area contributed by atoms with Gasteiger partial charge in [-0.2, -0.15) is 17.9 Å². The maximum atomic E-state index is 13.4. The Labute approximate surface area is 167 Å². The number of benzene rings is 1. The number of alkyl halides is 3. The molecule has 0 radical (unpaired) electrons. The van der Waals surface area contributed by atoms with Gasteiger partial charge in [0.15, 0.2) is 11.0 Å². The standard InChI is InChI=1S/C16H15ClF3N7S/c1-2-26-14(9-3-4-9)22-23-15(26)28-8-13-21-24-25-27(13)12-6-5-10(17)7-11(12)16(18,19)20/h5-7,9H,2-4,8H2,1H3. The van der Waals surface area contributed by atoms with E-state index in [1.165, 1.54) is 23.9 Å².